The van der Waals surface area contributed by atoms with Gasteiger partial charge in [-0.15, -0.1) is 0 Å². The summed E-state index contributed by atoms with van der Waals surface area (Å²) in [4.78, 5) is 0. The summed E-state index contributed by atoms with van der Waals surface area (Å²) < 4.78 is 62.8. The fourth-order valence-electron chi connectivity index (χ4n) is 0.895. The third-order valence-electron chi connectivity index (χ3n) is 1.63. The molecule has 14 heavy (non-hydrogen) atoms. The van der Waals surface area contributed by atoms with Crippen LogP contribution >= 0.6 is 0 Å². The highest BCUT2D eigenvalue weighted by atomic mass is 19.3. The fraction of sp³-hybridized carbons (Fsp3) is 0.250. The molecule has 0 aliphatic carbocycles. The number of alkyl halides is 4. The van der Waals surface area contributed by atoms with Gasteiger partial charge in [-0.3, -0.25) is 5.73 Å². The summed E-state index contributed by atoms with van der Waals surface area (Å²) in [6.07, 6.45) is 0. The van der Waals surface area contributed by atoms with Crippen LogP contribution in [0.4, 0.5) is 22.0 Å². The highest BCUT2D eigenvalue weighted by molar-refractivity contribution is 5.24. The average Bonchev–Trinajstić information content (AvgIpc) is 2.02. The van der Waals surface area contributed by atoms with E-state index in [1.165, 1.54) is 0 Å². The smallest absolute Gasteiger partial charge is 0.266 e. The molecule has 0 radical (unpaired) electrons. The first-order valence-corrected chi connectivity index (χ1v) is 3.56. The molecule has 0 aromatic heterocycles. The van der Waals surface area contributed by atoms with E-state index >= 15 is 0 Å². The van der Waals surface area contributed by atoms with Crippen LogP contribution < -0.4 is 5.73 Å². The lowest BCUT2D eigenvalue weighted by atomic mass is 10.1. The monoisotopic (exact) mass is 211 g/mol. The van der Waals surface area contributed by atoms with Gasteiger partial charge in [0.1, 0.15) is 5.82 Å². The molecule has 6 heteroatoms. The van der Waals surface area contributed by atoms with Crippen molar-refractivity contribution in [3.8, 4) is 0 Å². The Labute approximate surface area is 76.3 Å². The quantitative estimate of drug-likeness (QED) is 0.590. The molecule has 0 atom stereocenters. The lowest BCUT2D eigenvalue weighted by molar-refractivity contribution is -0.213. The number of nitrogens with two attached hydrogens (primary N) is 1. The Morgan fingerprint density at radius 3 is 1.93 bits per heavy atom. The van der Waals surface area contributed by atoms with E-state index in [1.807, 2.05) is 0 Å². The Morgan fingerprint density at radius 1 is 1.00 bits per heavy atom. The number of hydrogen-bond donors (Lipinski definition) is 1. The van der Waals surface area contributed by atoms with Gasteiger partial charge in [-0.1, -0.05) is 12.1 Å². The Morgan fingerprint density at radius 2 is 1.50 bits per heavy atom. The Balaban J connectivity index is 3.23. The minimum atomic E-state index is -4.78. The predicted octanol–water partition coefficient (Wildman–Crippen LogP) is 2.47. The molecule has 0 aliphatic heterocycles. The highest BCUT2D eigenvalue weighted by Gasteiger charge is 2.55. The molecule has 1 aromatic rings. The van der Waals surface area contributed by atoms with Crippen molar-refractivity contribution < 1.29 is 22.0 Å². The number of benzene rings is 1. The molecule has 2 N–H and O–H groups in total. The minimum absolute atomic E-state index is 0.566. The molecule has 0 aliphatic rings. The minimum Gasteiger partial charge on any atom is -0.266 e. The Bertz CT molecular complexity index is 331. The molecule has 0 saturated carbocycles. The van der Waals surface area contributed by atoms with Crippen molar-refractivity contribution >= 4 is 0 Å². The number of rotatable bonds is 2. The third kappa shape index (κ3) is 1.70. The van der Waals surface area contributed by atoms with Crippen LogP contribution in [0.25, 0.3) is 0 Å². The van der Waals surface area contributed by atoms with Crippen LogP contribution in [0.3, 0.4) is 0 Å². The zero-order valence-corrected chi connectivity index (χ0v) is 6.78. The van der Waals surface area contributed by atoms with Crippen molar-refractivity contribution in [3.05, 3.63) is 35.6 Å². The second-order valence-electron chi connectivity index (χ2n) is 2.68. The van der Waals surface area contributed by atoms with Crippen LogP contribution in [-0.2, 0) is 5.92 Å². The molecule has 0 spiro atoms. The van der Waals surface area contributed by atoms with Crippen LogP contribution in [0.5, 0.6) is 0 Å². The number of halogens is 5. The molecule has 0 saturated heterocycles. The first-order valence-electron chi connectivity index (χ1n) is 3.56. The molecule has 0 unspecified atom stereocenters. The average molecular weight is 211 g/mol. The summed E-state index contributed by atoms with van der Waals surface area (Å²) in [6, 6.07) is -1.41. The van der Waals surface area contributed by atoms with Crippen LogP contribution in [0.15, 0.2) is 24.3 Å². The summed E-state index contributed by atoms with van der Waals surface area (Å²) in [6.45, 7) is 0. The predicted molar refractivity (Wildman–Crippen MR) is 39.4 cm³/mol. The van der Waals surface area contributed by atoms with E-state index in [2.05, 4.69) is 5.73 Å². The van der Waals surface area contributed by atoms with E-state index < -0.39 is 23.3 Å². The Hall–Kier alpha value is -1.17. The second kappa shape index (κ2) is 3.20. The first-order chi connectivity index (χ1) is 6.27. The Kier molecular flexibility index (Phi) is 2.49. The second-order valence-corrected chi connectivity index (χ2v) is 2.68. The van der Waals surface area contributed by atoms with Crippen molar-refractivity contribution in [2.45, 2.75) is 12.0 Å². The van der Waals surface area contributed by atoms with E-state index in [0.29, 0.717) is 12.1 Å². The van der Waals surface area contributed by atoms with Crippen molar-refractivity contribution in [1.82, 2.24) is 0 Å². The van der Waals surface area contributed by atoms with Gasteiger partial charge >= 0.3 is 12.0 Å². The maximum Gasteiger partial charge on any atom is 0.367 e. The van der Waals surface area contributed by atoms with E-state index in [1.54, 1.807) is 0 Å². The molecular weight excluding hydrogens is 205 g/mol. The van der Waals surface area contributed by atoms with Crippen LogP contribution in [0, 0.1) is 5.82 Å². The van der Waals surface area contributed by atoms with Crippen LogP contribution in [0.2, 0.25) is 0 Å². The van der Waals surface area contributed by atoms with Crippen molar-refractivity contribution in [1.29, 1.82) is 0 Å². The fourth-order valence-corrected chi connectivity index (χ4v) is 0.895. The molecule has 0 fully saturated rings. The zero-order valence-electron chi connectivity index (χ0n) is 6.78. The summed E-state index contributed by atoms with van der Waals surface area (Å²) in [7, 11) is 0. The van der Waals surface area contributed by atoms with Gasteiger partial charge in [0, 0.05) is 0 Å². The van der Waals surface area contributed by atoms with Gasteiger partial charge < -0.3 is 0 Å². The van der Waals surface area contributed by atoms with Crippen molar-refractivity contribution in [3.63, 3.8) is 0 Å². The van der Waals surface area contributed by atoms with Gasteiger partial charge in [0.15, 0.2) is 0 Å². The van der Waals surface area contributed by atoms with E-state index in [9.17, 15) is 22.0 Å². The van der Waals surface area contributed by atoms with E-state index in [4.69, 9.17) is 0 Å². The summed E-state index contributed by atoms with van der Waals surface area (Å²) in [5.41, 5.74) is 2.55. The van der Waals surface area contributed by atoms with Crippen LogP contribution in [0.1, 0.15) is 5.56 Å². The molecule has 1 aromatic carbocycles. The van der Waals surface area contributed by atoms with Gasteiger partial charge in [-0.25, -0.2) is 4.39 Å². The topological polar surface area (TPSA) is 26.0 Å². The standard InChI is InChI=1S/C8H6F5N/c9-6-4-2-1-3-5(6)7(10,11)8(12,13)14/h1-4H,14H2. The first kappa shape index (κ1) is 10.9. The van der Waals surface area contributed by atoms with Crippen molar-refractivity contribution in [2.75, 3.05) is 0 Å². The van der Waals surface area contributed by atoms with Gasteiger partial charge in [0.05, 0.1) is 5.56 Å². The molecule has 78 valence electrons. The van der Waals surface area contributed by atoms with Gasteiger partial charge in [0.25, 0.3) is 0 Å². The maximum atomic E-state index is 12.8. The molecule has 0 amide bonds. The lowest BCUT2D eigenvalue weighted by Gasteiger charge is -2.23. The van der Waals surface area contributed by atoms with Gasteiger partial charge in [-0.2, -0.15) is 17.6 Å². The van der Waals surface area contributed by atoms with Crippen molar-refractivity contribution in [2.24, 2.45) is 5.73 Å². The molecule has 1 nitrogen and oxygen atoms in total. The third-order valence-corrected chi connectivity index (χ3v) is 1.63. The SMILES string of the molecule is NC(F)(F)C(F)(F)c1ccccc1F. The highest BCUT2D eigenvalue weighted by Crippen LogP contribution is 2.40. The zero-order chi connectivity index (χ0) is 11.0. The van der Waals surface area contributed by atoms with Gasteiger partial charge in [0.2, 0.25) is 0 Å². The molecule has 0 bridgehead atoms. The summed E-state index contributed by atoms with van der Waals surface area (Å²) in [5.74, 6) is -6.12. The summed E-state index contributed by atoms with van der Waals surface area (Å²) >= 11 is 0. The van der Waals surface area contributed by atoms with Crippen LogP contribution in [-0.4, -0.2) is 6.05 Å². The maximum absolute atomic E-state index is 12.8. The normalized spacial score (nSPS) is 13.0. The molecular formula is C8H6F5N. The van der Waals surface area contributed by atoms with E-state index in [-0.39, 0.29) is 0 Å². The summed E-state index contributed by atoms with van der Waals surface area (Å²) in [5, 5.41) is 0. The molecule has 1 rings (SSSR count). The van der Waals surface area contributed by atoms with E-state index in [0.717, 1.165) is 12.1 Å². The lowest BCUT2D eigenvalue weighted by Crippen LogP contribution is -2.46. The largest absolute Gasteiger partial charge is 0.367 e. The number of hydrogen-bond acceptors (Lipinski definition) is 1. The molecule has 0 heterocycles. The van der Waals surface area contributed by atoms with Gasteiger partial charge in [-0.05, 0) is 12.1 Å².